The molecule has 0 saturated carbocycles. The highest BCUT2D eigenvalue weighted by atomic mass is 32.1. The zero-order valence-electron chi connectivity index (χ0n) is 16.4. The van der Waals surface area contributed by atoms with Gasteiger partial charge in [0, 0.05) is 17.8 Å². The number of anilines is 1. The molecule has 0 aliphatic carbocycles. The minimum atomic E-state index is -0.570. The SMILES string of the molecule is COc1cccc(C2CCCN2C(=O)c2cc(F)cc(NC(=O)c3cccs3)c2)c1. The van der Waals surface area contributed by atoms with Crippen LogP contribution >= 0.6 is 11.3 Å². The summed E-state index contributed by atoms with van der Waals surface area (Å²) in [4.78, 5) is 27.8. The van der Waals surface area contributed by atoms with Crippen molar-refractivity contribution in [2.24, 2.45) is 0 Å². The maximum absolute atomic E-state index is 14.3. The Morgan fingerprint density at radius 1 is 1.17 bits per heavy atom. The first-order chi connectivity index (χ1) is 14.5. The zero-order valence-corrected chi connectivity index (χ0v) is 17.2. The van der Waals surface area contributed by atoms with Crippen LogP contribution in [0.2, 0.25) is 0 Å². The second-order valence-corrected chi connectivity index (χ2v) is 8.04. The van der Waals surface area contributed by atoms with E-state index in [4.69, 9.17) is 4.74 Å². The molecule has 1 fully saturated rings. The largest absolute Gasteiger partial charge is 0.497 e. The van der Waals surface area contributed by atoms with Crippen molar-refractivity contribution in [3.8, 4) is 5.75 Å². The van der Waals surface area contributed by atoms with Gasteiger partial charge in [-0.2, -0.15) is 0 Å². The molecule has 7 heteroatoms. The van der Waals surface area contributed by atoms with Crippen LogP contribution in [-0.2, 0) is 0 Å². The Labute approximate surface area is 178 Å². The number of nitrogens with one attached hydrogen (secondary N) is 1. The summed E-state index contributed by atoms with van der Waals surface area (Å²) in [5.41, 5.74) is 1.46. The number of ether oxygens (including phenoxy) is 1. The maximum atomic E-state index is 14.3. The number of likely N-dealkylation sites (tertiary alicyclic amines) is 1. The number of hydrogen-bond acceptors (Lipinski definition) is 4. The van der Waals surface area contributed by atoms with Crippen LogP contribution in [-0.4, -0.2) is 30.4 Å². The van der Waals surface area contributed by atoms with E-state index < -0.39 is 5.82 Å². The second kappa shape index (κ2) is 8.67. The Morgan fingerprint density at radius 3 is 2.80 bits per heavy atom. The van der Waals surface area contributed by atoms with Gasteiger partial charge in [0.15, 0.2) is 0 Å². The van der Waals surface area contributed by atoms with Gasteiger partial charge in [-0.1, -0.05) is 18.2 Å². The number of benzene rings is 2. The standard InChI is InChI=1S/C23H21FN2O3S/c1-29-19-6-2-5-15(13-19)20-7-3-9-26(20)23(28)16-11-17(24)14-18(12-16)25-22(27)21-8-4-10-30-21/h2,4-6,8,10-14,20H,3,7,9H2,1H3,(H,25,27). The van der Waals surface area contributed by atoms with Gasteiger partial charge >= 0.3 is 0 Å². The number of amides is 2. The number of carbonyl (C=O) groups excluding carboxylic acids is 2. The van der Waals surface area contributed by atoms with E-state index in [0.717, 1.165) is 24.2 Å². The van der Waals surface area contributed by atoms with Gasteiger partial charge in [-0.15, -0.1) is 11.3 Å². The summed E-state index contributed by atoms with van der Waals surface area (Å²) < 4.78 is 19.6. The lowest BCUT2D eigenvalue weighted by molar-refractivity contribution is 0.0734. The topological polar surface area (TPSA) is 58.6 Å². The predicted molar refractivity (Wildman–Crippen MR) is 115 cm³/mol. The van der Waals surface area contributed by atoms with Crippen molar-refractivity contribution in [2.45, 2.75) is 18.9 Å². The molecular weight excluding hydrogens is 403 g/mol. The van der Waals surface area contributed by atoms with Crippen LogP contribution in [0.15, 0.2) is 60.0 Å². The molecule has 30 heavy (non-hydrogen) atoms. The molecule has 4 rings (SSSR count). The van der Waals surface area contributed by atoms with Gasteiger partial charge in [-0.25, -0.2) is 4.39 Å². The fourth-order valence-corrected chi connectivity index (χ4v) is 4.38. The van der Waals surface area contributed by atoms with Crippen molar-refractivity contribution in [1.29, 1.82) is 0 Å². The van der Waals surface area contributed by atoms with Gasteiger partial charge in [0.2, 0.25) is 0 Å². The normalized spacial score (nSPS) is 15.8. The highest BCUT2D eigenvalue weighted by molar-refractivity contribution is 7.12. The summed E-state index contributed by atoms with van der Waals surface area (Å²) in [7, 11) is 1.61. The third-order valence-corrected chi connectivity index (χ3v) is 6.01. The smallest absolute Gasteiger partial charge is 0.265 e. The maximum Gasteiger partial charge on any atom is 0.265 e. The van der Waals surface area contributed by atoms with E-state index in [-0.39, 0.29) is 29.1 Å². The Morgan fingerprint density at radius 2 is 2.03 bits per heavy atom. The molecule has 5 nitrogen and oxygen atoms in total. The van der Waals surface area contributed by atoms with Crippen molar-refractivity contribution < 1.29 is 18.7 Å². The monoisotopic (exact) mass is 424 g/mol. The highest BCUT2D eigenvalue weighted by Crippen LogP contribution is 2.35. The van der Waals surface area contributed by atoms with Crippen LogP contribution in [0.5, 0.6) is 5.75 Å². The van der Waals surface area contributed by atoms with E-state index >= 15 is 0 Å². The van der Waals surface area contributed by atoms with Gasteiger partial charge in [-0.05, 0) is 60.2 Å². The first kappa shape index (κ1) is 20.1. The third kappa shape index (κ3) is 4.21. The number of nitrogens with zero attached hydrogens (tertiary/aromatic N) is 1. The number of rotatable bonds is 5. The molecule has 1 aliphatic rings. The fraction of sp³-hybridized carbons (Fsp3) is 0.217. The second-order valence-electron chi connectivity index (χ2n) is 7.09. The molecule has 3 aromatic rings. The first-order valence-corrected chi connectivity index (χ1v) is 10.5. The average molecular weight is 424 g/mol. The molecule has 0 spiro atoms. The van der Waals surface area contributed by atoms with E-state index in [1.807, 2.05) is 24.3 Å². The molecule has 1 N–H and O–H groups in total. The number of methoxy groups -OCH3 is 1. The minimum absolute atomic E-state index is 0.0972. The van der Waals surface area contributed by atoms with Crippen molar-refractivity contribution in [3.05, 3.63) is 81.8 Å². The average Bonchev–Trinajstić information content (AvgIpc) is 3.45. The zero-order chi connectivity index (χ0) is 21.1. The predicted octanol–water partition coefficient (Wildman–Crippen LogP) is 5.13. The molecule has 154 valence electrons. The Hall–Kier alpha value is -3.19. The number of thiophene rings is 1. The lowest BCUT2D eigenvalue weighted by atomic mass is 10.0. The molecule has 2 heterocycles. The molecular formula is C23H21FN2O3S. The van der Waals surface area contributed by atoms with Crippen LogP contribution in [0.1, 0.15) is 44.5 Å². The number of hydrogen-bond donors (Lipinski definition) is 1. The summed E-state index contributed by atoms with van der Waals surface area (Å²) in [6.07, 6.45) is 1.70. The van der Waals surface area contributed by atoms with Crippen molar-refractivity contribution >= 4 is 28.8 Å². The summed E-state index contributed by atoms with van der Waals surface area (Å²) in [6.45, 7) is 0.591. The van der Waals surface area contributed by atoms with Gasteiger partial charge in [-0.3, -0.25) is 9.59 Å². The van der Waals surface area contributed by atoms with E-state index in [1.54, 1.807) is 29.5 Å². The van der Waals surface area contributed by atoms with Crippen LogP contribution in [0.25, 0.3) is 0 Å². The highest BCUT2D eigenvalue weighted by Gasteiger charge is 2.31. The van der Waals surface area contributed by atoms with Crippen molar-refractivity contribution in [2.75, 3.05) is 19.0 Å². The van der Waals surface area contributed by atoms with Crippen molar-refractivity contribution in [3.63, 3.8) is 0 Å². The van der Waals surface area contributed by atoms with Crippen molar-refractivity contribution in [1.82, 2.24) is 4.90 Å². The minimum Gasteiger partial charge on any atom is -0.497 e. The van der Waals surface area contributed by atoms with Crippen LogP contribution < -0.4 is 10.1 Å². The molecule has 1 atom stereocenters. The summed E-state index contributed by atoms with van der Waals surface area (Å²) in [5, 5.41) is 4.47. The molecule has 1 aromatic heterocycles. The molecule has 2 aromatic carbocycles. The van der Waals surface area contributed by atoms with Crippen LogP contribution in [0.3, 0.4) is 0 Å². The Bertz CT molecular complexity index is 1070. The quantitative estimate of drug-likeness (QED) is 0.618. The van der Waals surface area contributed by atoms with Crippen LogP contribution in [0.4, 0.5) is 10.1 Å². The fourth-order valence-electron chi connectivity index (χ4n) is 3.76. The first-order valence-electron chi connectivity index (χ1n) is 9.65. The van der Waals surface area contributed by atoms with E-state index in [9.17, 15) is 14.0 Å². The molecule has 0 bridgehead atoms. The molecule has 1 unspecified atom stereocenters. The van der Waals surface area contributed by atoms with E-state index in [0.29, 0.717) is 11.4 Å². The summed E-state index contributed by atoms with van der Waals surface area (Å²) >= 11 is 1.30. The Balaban J connectivity index is 1.57. The van der Waals surface area contributed by atoms with Gasteiger partial charge in [0.1, 0.15) is 11.6 Å². The Kier molecular flexibility index (Phi) is 5.81. The molecule has 2 amide bonds. The van der Waals surface area contributed by atoms with E-state index in [1.165, 1.54) is 29.5 Å². The summed E-state index contributed by atoms with van der Waals surface area (Å²) in [6, 6.07) is 15.0. The van der Waals surface area contributed by atoms with Gasteiger partial charge in [0.05, 0.1) is 18.0 Å². The lowest BCUT2D eigenvalue weighted by Crippen LogP contribution is -2.30. The van der Waals surface area contributed by atoms with E-state index in [2.05, 4.69) is 5.32 Å². The number of halogens is 1. The molecule has 1 aliphatic heterocycles. The van der Waals surface area contributed by atoms with Crippen LogP contribution in [0, 0.1) is 5.82 Å². The van der Waals surface area contributed by atoms with Gasteiger partial charge in [0.25, 0.3) is 11.8 Å². The van der Waals surface area contributed by atoms with Gasteiger partial charge < -0.3 is 15.0 Å². The molecule has 0 radical (unpaired) electrons. The summed E-state index contributed by atoms with van der Waals surface area (Å²) in [5.74, 6) is -0.425. The third-order valence-electron chi connectivity index (χ3n) is 5.14. The lowest BCUT2D eigenvalue weighted by Gasteiger charge is -2.25. The molecule has 1 saturated heterocycles. The number of carbonyl (C=O) groups is 2.